The van der Waals surface area contributed by atoms with Crippen LogP contribution in [0.5, 0.6) is 0 Å². The van der Waals surface area contributed by atoms with E-state index >= 15 is 0 Å². The van der Waals surface area contributed by atoms with Crippen molar-refractivity contribution in [1.82, 2.24) is 0 Å². The normalized spacial score (nSPS) is 9.85. The summed E-state index contributed by atoms with van der Waals surface area (Å²) in [6, 6.07) is 0. The van der Waals surface area contributed by atoms with Gasteiger partial charge in [-0.2, -0.15) is 0 Å². The fraction of sp³-hybridized carbons (Fsp3) is 0.824. The van der Waals surface area contributed by atoms with Gasteiger partial charge >= 0.3 is 43.7 Å². The van der Waals surface area contributed by atoms with Crippen molar-refractivity contribution in [3.05, 3.63) is 12.7 Å². The molecule has 0 aliphatic rings. The molecule has 0 aromatic carbocycles. The molecule has 116 valence electrons. The fourth-order valence-corrected chi connectivity index (χ4v) is 2.17. The van der Waals surface area contributed by atoms with Crippen LogP contribution in [0.25, 0.3) is 0 Å². The van der Waals surface area contributed by atoms with Crippen LogP contribution in [0, 0.1) is 0 Å². The van der Waals surface area contributed by atoms with E-state index in [4.69, 9.17) is 4.74 Å². The molecule has 3 heteroatoms. The molecule has 0 spiro atoms. The van der Waals surface area contributed by atoms with E-state index in [0.29, 0.717) is 6.61 Å². The molecule has 0 saturated carbocycles. The van der Waals surface area contributed by atoms with Crippen LogP contribution in [-0.2, 0) is 9.53 Å². The smallest absolute Gasteiger partial charge is 1.00 e. The molecular weight excluding hydrogens is 276 g/mol. The van der Waals surface area contributed by atoms with Gasteiger partial charge < -0.3 is 7.59 Å². The Morgan fingerprint density at radius 1 is 0.900 bits per heavy atom. The molecular formula is C17H34CaO2. The predicted molar refractivity (Wildman–Crippen MR) is 90.2 cm³/mol. The van der Waals surface area contributed by atoms with Gasteiger partial charge in [-0.25, -0.2) is 4.79 Å². The van der Waals surface area contributed by atoms with Crippen molar-refractivity contribution in [2.45, 2.75) is 84.0 Å². The molecule has 20 heavy (non-hydrogen) atoms. The van der Waals surface area contributed by atoms with Crippen molar-refractivity contribution in [3.63, 3.8) is 0 Å². The van der Waals surface area contributed by atoms with Crippen LogP contribution in [0.4, 0.5) is 0 Å². The van der Waals surface area contributed by atoms with Crippen LogP contribution in [0.15, 0.2) is 12.7 Å². The van der Waals surface area contributed by atoms with Crippen LogP contribution in [-0.4, -0.2) is 50.3 Å². The topological polar surface area (TPSA) is 26.3 Å². The van der Waals surface area contributed by atoms with Gasteiger partial charge in [0.25, 0.3) is 0 Å². The maximum atomic E-state index is 10.8. The number of rotatable bonds is 14. The second kappa shape index (κ2) is 19.5. The van der Waals surface area contributed by atoms with Gasteiger partial charge in [0.15, 0.2) is 0 Å². The first-order valence-electron chi connectivity index (χ1n) is 8.10. The molecule has 0 aromatic rings. The Morgan fingerprint density at radius 3 is 1.70 bits per heavy atom. The van der Waals surface area contributed by atoms with Gasteiger partial charge in [-0.15, -0.1) is 0 Å². The average Bonchev–Trinajstić information content (AvgIpc) is 2.43. The number of esters is 1. The average molecular weight is 311 g/mol. The monoisotopic (exact) mass is 310 g/mol. The molecule has 0 unspecified atom stereocenters. The Balaban J connectivity index is -0.000000540. The number of hydrogen-bond donors (Lipinski definition) is 0. The number of ether oxygens (including phenoxy) is 1. The second-order valence-electron chi connectivity index (χ2n) is 5.26. The third-order valence-corrected chi connectivity index (χ3v) is 3.41. The van der Waals surface area contributed by atoms with E-state index in [1.54, 1.807) is 0 Å². The van der Waals surface area contributed by atoms with Crippen LogP contribution in [0.2, 0.25) is 0 Å². The van der Waals surface area contributed by atoms with Gasteiger partial charge in [0.2, 0.25) is 0 Å². The number of unbranched alkanes of at least 4 members (excludes halogenated alkanes) is 11. The zero-order chi connectivity index (χ0) is 14.2. The molecule has 0 heterocycles. The Hall–Kier alpha value is 0.470. The molecule has 0 N–H and O–H groups in total. The van der Waals surface area contributed by atoms with E-state index in [1.807, 2.05) is 0 Å². The predicted octanol–water partition coefficient (Wildman–Crippen LogP) is 5.26. The fourth-order valence-electron chi connectivity index (χ4n) is 2.17. The number of carbonyl (C=O) groups excluding carboxylic acids is 1. The van der Waals surface area contributed by atoms with Crippen molar-refractivity contribution in [3.8, 4) is 0 Å². The van der Waals surface area contributed by atoms with Gasteiger partial charge in [-0.3, -0.25) is 0 Å². The summed E-state index contributed by atoms with van der Waals surface area (Å²) in [4.78, 5) is 10.8. The third kappa shape index (κ3) is 18.5. The summed E-state index contributed by atoms with van der Waals surface area (Å²) in [5, 5.41) is 0. The molecule has 0 aromatic heterocycles. The molecule has 0 fully saturated rings. The zero-order valence-electron chi connectivity index (χ0n) is 15.5. The Labute approximate surface area is 158 Å². The van der Waals surface area contributed by atoms with E-state index in [9.17, 15) is 4.79 Å². The van der Waals surface area contributed by atoms with Crippen LogP contribution < -0.4 is 0 Å². The minimum absolute atomic E-state index is 0. The van der Waals surface area contributed by atoms with Gasteiger partial charge in [0, 0.05) is 6.08 Å². The number of carbonyl (C=O) groups is 1. The van der Waals surface area contributed by atoms with Crippen molar-refractivity contribution < 1.29 is 12.4 Å². The number of hydrogen-bond acceptors (Lipinski definition) is 2. The standard InChI is InChI=1S/C17H32O2.Ca.2H/c1-3-5-6-7-8-9-10-11-12-13-14-15-16-19-17(18)4-2;;;/h4H,2-3,5-16H2,1H3;;;/q;+2;2*-1. The van der Waals surface area contributed by atoms with Crippen molar-refractivity contribution in [2.75, 3.05) is 6.61 Å². The van der Waals surface area contributed by atoms with E-state index in [2.05, 4.69) is 13.5 Å². The summed E-state index contributed by atoms with van der Waals surface area (Å²) in [6.45, 7) is 6.17. The Bertz CT molecular complexity index is 227. The van der Waals surface area contributed by atoms with E-state index in [1.165, 1.54) is 76.7 Å². The molecule has 0 rings (SSSR count). The molecule has 0 radical (unpaired) electrons. The first-order valence-corrected chi connectivity index (χ1v) is 8.10. The third-order valence-electron chi connectivity index (χ3n) is 3.41. The van der Waals surface area contributed by atoms with E-state index < -0.39 is 0 Å². The van der Waals surface area contributed by atoms with Gasteiger partial charge in [-0.1, -0.05) is 84.1 Å². The SMILES string of the molecule is C=CC(=O)OCCCCCCCCCCCCCC.[Ca+2].[H-].[H-]. The van der Waals surface area contributed by atoms with Gasteiger partial charge in [-0.05, 0) is 6.42 Å². The maximum Gasteiger partial charge on any atom is 2.00 e. The van der Waals surface area contributed by atoms with Gasteiger partial charge in [0.05, 0.1) is 6.61 Å². The summed E-state index contributed by atoms with van der Waals surface area (Å²) < 4.78 is 4.93. The molecule has 0 atom stereocenters. The summed E-state index contributed by atoms with van der Waals surface area (Å²) in [5.74, 6) is -0.303. The molecule has 0 aliphatic carbocycles. The molecule has 0 bridgehead atoms. The van der Waals surface area contributed by atoms with Crippen LogP contribution in [0.1, 0.15) is 86.8 Å². The van der Waals surface area contributed by atoms with Crippen molar-refractivity contribution >= 4 is 43.7 Å². The summed E-state index contributed by atoms with van der Waals surface area (Å²) in [6.07, 6.45) is 17.1. The van der Waals surface area contributed by atoms with Crippen molar-refractivity contribution in [2.24, 2.45) is 0 Å². The van der Waals surface area contributed by atoms with Crippen LogP contribution >= 0.6 is 0 Å². The van der Waals surface area contributed by atoms with E-state index in [0.717, 1.165) is 6.42 Å². The molecule has 2 nitrogen and oxygen atoms in total. The quantitative estimate of drug-likeness (QED) is 0.189. The molecule has 0 aliphatic heterocycles. The van der Waals surface area contributed by atoms with Gasteiger partial charge in [0.1, 0.15) is 0 Å². The Kier molecular flexibility index (Phi) is 22.1. The largest absolute Gasteiger partial charge is 2.00 e. The minimum atomic E-state index is -0.303. The zero-order valence-corrected chi connectivity index (χ0v) is 15.7. The summed E-state index contributed by atoms with van der Waals surface area (Å²) >= 11 is 0. The first-order chi connectivity index (χ1) is 9.31. The van der Waals surface area contributed by atoms with E-state index in [-0.39, 0.29) is 46.6 Å². The maximum absolute atomic E-state index is 10.8. The molecule has 0 saturated heterocycles. The summed E-state index contributed by atoms with van der Waals surface area (Å²) in [5.41, 5.74) is 0. The summed E-state index contributed by atoms with van der Waals surface area (Å²) in [7, 11) is 0. The minimum Gasteiger partial charge on any atom is -1.00 e. The molecule has 0 amide bonds. The van der Waals surface area contributed by atoms with Crippen LogP contribution in [0.3, 0.4) is 0 Å². The van der Waals surface area contributed by atoms with Crippen molar-refractivity contribution in [1.29, 1.82) is 0 Å². The first kappa shape index (κ1) is 22.7. The Morgan fingerprint density at radius 2 is 1.30 bits per heavy atom. The second-order valence-corrected chi connectivity index (χ2v) is 5.26.